The molecule has 0 aliphatic heterocycles. The lowest BCUT2D eigenvalue weighted by molar-refractivity contribution is 0.102. The lowest BCUT2D eigenvalue weighted by Crippen LogP contribution is -2.15. The Bertz CT molecular complexity index is 584. The molecule has 0 bridgehead atoms. The van der Waals surface area contributed by atoms with E-state index in [9.17, 15) is 4.79 Å². The predicted molar refractivity (Wildman–Crippen MR) is 87.5 cm³/mol. The number of carbonyl (C=O) groups is 1. The molecule has 1 aromatic heterocycles. The van der Waals surface area contributed by atoms with Crippen LogP contribution >= 0.6 is 15.9 Å². The Kier molecular flexibility index (Phi) is 5.68. The average Bonchev–Trinajstić information content (AvgIpc) is 2.50. The first kappa shape index (κ1) is 15.4. The number of carbonyl (C=O) groups excluding carboxylic acids is 1. The predicted octanol–water partition coefficient (Wildman–Crippen LogP) is 3.70. The molecule has 0 unspecified atom stereocenters. The number of aromatic nitrogens is 2. The molecule has 6 heteroatoms. The molecule has 0 radical (unpaired) electrons. The molecule has 2 rings (SSSR count). The Morgan fingerprint density at radius 2 is 1.90 bits per heavy atom. The van der Waals surface area contributed by atoms with Gasteiger partial charge in [0.2, 0.25) is 0 Å². The van der Waals surface area contributed by atoms with Gasteiger partial charge in [-0.05, 0) is 42.8 Å². The largest absolute Gasteiger partial charge is 0.369 e. The number of hydrogen-bond acceptors (Lipinski definition) is 4. The third-order valence-electron chi connectivity index (χ3n) is 2.84. The second-order valence-corrected chi connectivity index (χ2v) is 5.46. The van der Waals surface area contributed by atoms with Crippen molar-refractivity contribution >= 4 is 33.3 Å². The van der Waals surface area contributed by atoms with E-state index in [-0.39, 0.29) is 5.91 Å². The first-order valence-corrected chi connectivity index (χ1v) is 7.63. The maximum absolute atomic E-state index is 12.0. The van der Waals surface area contributed by atoms with Crippen LogP contribution in [0.4, 0.5) is 11.5 Å². The highest BCUT2D eigenvalue weighted by atomic mass is 79.9. The van der Waals surface area contributed by atoms with Crippen molar-refractivity contribution in [3.8, 4) is 0 Å². The SMILES string of the molecule is CCCCNc1ccc(C(=O)Nc2ccc(Br)cc2)nn1. The van der Waals surface area contributed by atoms with Crippen molar-refractivity contribution in [2.75, 3.05) is 17.2 Å². The Hall–Kier alpha value is -1.95. The Labute approximate surface area is 132 Å². The molecule has 0 atom stereocenters. The van der Waals surface area contributed by atoms with Gasteiger partial charge in [-0.25, -0.2) is 0 Å². The summed E-state index contributed by atoms with van der Waals surface area (Å²) in [5.41, 5.74) is 1.01. The standard InChI is InChI=1S/C15H17BrN4O/c1-2-3-10-17-14-9-8-13(19-20-14)15(21)18-12-6-4-11(16)5-7-12/h4-9H,2-3,10H2,1H3,(H,17,20)(H,18,21). The van der Waals surface area contributed by atoms with Crippen LogP contribution < -0.4 is 10.6 Å². The van der Waals surface area contributed by atoms with Crippen molar-refractivity contribution in [2.45, 2.75) is 19.8 Å². The number of rotatable bonds is 6. The van der Waals surface area contributed by atoms with Crippen LogP contribution in [0, 0.1) is 0 Å². The zero-order chi connectivity index (χ0) is 15.1. The van der Waals surface area contributed by atoms with Gasteiger partial charge >= 0.3 is 0 Å². The Morgan fingerprint density at radius 1 is 1.14 bits per heavy atom. The number of halogens is 1. The molecule has 1 aromatic carbocycles. The van der Waals surface area contributed by atoms with Gasteiger partial charge in [-0.15, -0.1) is 10.2 Å². The fourth-order valence-corrected chi connectivity index (χ4v) is 1.93. The van der Waals surface area contributed by atoms with E-state index < -0.39 is 0 Å². The summed E-state index contributed by atoms with van der Waals surface area (Å²) in [6.45, 7) is 2.98. The van der Waals surface area contributed by atoms with Gasteiger partial charge in [0.15, 0.2) is 5.69 Å². The first-order chi connectivity index (χ1) is 10.2. The maximum Gasteiger partial charge on any atom is 0.276 e. The maximum atomic E-state index is 12.0. The van der Waals surface area contributed by atoms with E-state index >= 15 is 0 Å². The quantitative estimate of drug-likeness (QED) is 0.781. The van der Waals surface area contributed by atoms with E-state index in [0.717, 1.165) is 29.5 Å². The first-order valence-electron chi connectivity index (χ1n) is 6.83. The minimum atomic E-state index is -0.273. The lowest BCUT2D eigenvalue weighted by atomic mass is 10.3. The Balaban J connectivity index is 1.94. The topological polar surface area (TPSA) is 66.9 Å². The monoisotopic (exact) mass is 348 g/mol. The second-order valence-electron chi connectivity index (χ2n) is 4.55. The average molecular weight is 349 g/mol. The summed E-state index contributed by atoms with van der Waals surface area (Å²) in [6, 6.07) is 10.8. The molecular formula is C15H17BrN4O. The van der Waals surface area contributed by atoms with Gasteiger partial charge in [0, 0.05) is 16.7 Å². The normalized spacial score (nSPS) is 10.2. The molecular weight excluding hydrogens is 332 g/mol. The number of benzene rings is 1. The van der Waals surface area contributed by atoms with E-state index in [2.05, 4.69) is 43.7 Å². The molecule has 1 heterocycles. The summed E-state index contributed by atoms with van der Waals surface area (Å²) in [5.74, 6) is 0.411. The molecule has 0 saturated carbocycles. The molecule has 0 spiro atoms. The van der Waals surface area contributed by atoms with E-state index in [1.54, 1.807) is 12.1 Å². The zero-order valence-corrected chi connectivity index (χ0v) is 13.4. The molecule has 2 aromatic rings. The third-order valence-corrected chi connectivity index (χ3v) is 3.36. The zero-order valence-electron chi connectivity index (χ0n) is 11.8. The van der Waals surface area contributed by atoms with Crippen LogP contribution in [0.5, 0.6) is 0 Å². The fraction of sp³-hybridized carbons (Fsp3) is 0.267. The number of hydrogen-bond donors (Lipinski definition) is 2. The van der Waals surface area contributed by atoms with Gasteiger partial charge < -0.3 is 10.6 Å². The summed E-state index contributed by atoms with van der Waals surface area (Å²) >= 11 is 3.35. The van der Waals surface area contributed by atoms with E-state index in [4.69, 9.17) is 0 Å². The summed E-state index contributed by atoms with van der Waals surface area (Å²) < 4.78 is 0.961. The van der Waals surface area contributed by atoms with Crippen molar-refractivity contribution in [1.29, 1.82) is 0 Å². The van der Waals surface area contributed by atoms with Gasteiger partial charge in [-0.1, -0.05) is 29.3 Å². The minimum absolute atomic E-state index is 0.273. The molecule has 1 amide bonds. The molecule has 0 saturated heterocycles. The number of anilines is 2. The van der Waals surface area contributed by atoms with Gasteiger partial charge in [0.1, 0.15) is 5.82 Å². The van der Waals surface area contributed by atoms with Crippen LogP contribution in [0.3, 0.4) is 0 Å². The smallest absolute Gasteiger partial charge is 0.276 e. The van der Waals surface area contributed by atoms with Crippen LogP contribution in [0.15, 0.2) is 40.9 Å². The molecule has 2 N–H and O–H groups in total. The highest BCUT2D eigenvalue weighted by molar-refractivity contribution is 9.10. The van der Waals surface area contributed by atoms with Crippen molar-refractivity contribution in [3.05, 3.63) is 46.6 Å². The van der Waals surface area contributed by atoms with Crippen LogP contribution in [0.25, 0.3) is 0 Å². The van der Waals surface area contributed by atoms with Crippen molar-refractivity contribution < 1.29 is 4.79 Å². The van der Waals surface area contributed by atoms with Crippen molar-refractivity contribution in [3.63, 3.8) is 0 Å². The van der Waals surface area contributed by atoms with E-state index in [1.165, 1.54) is 0 Å². The third kappa shape index (κ3) is 4.82. The molecule has 0 fully saturated rings. The summed E-state index contributed by atoms with van der Waals surface area (Å²) in [7, 11) is 0. The highest BCUT2D eigenvalue weighted by Gasteiger charge is 2.08. The summed E-state index contributed by atoms with van der Waals surface area (Å²) in [6.07, 6.45) is 2.20. The lowest BCUT2D eigenvalue weighted by Gasteiger charge is -2.06. The number of nitrogens with one attached hydrogen (secondary N) is 2. The van der Waals surface area contributed by atoms with Crippen molar-refractivity contribution in [1.82, 2.24) is 10.2 Å². The van der Waals surface area contributed by atoms with Gasteiger partial charge in [0.05, 0.1) is 0 Å². The van der Waals surface area contributed by atoms with Crippen molar-refractivity contribution in [2.24, 2.45) is 0 Å². The van der Waals surface area contributed by atoms with Gasteiger partial charge in [-0.2, -0.15) is 0 Å². The van der Waals surface area contributed by atoms with Crippen LogP contribution in [0.2, 0.25) is 0 Å². The molecule has 5 nitrogen and oxygen atoms in total. The summed E-state index contributed by atoms with van der Waals surface area (Å²) in [4.78, 5) is 12.0. The van der Waals surface area contributed by atoms with Gasteiger partial charge in [0.25, 0.3) is 5.91 Å². The fourth-order valence-electron chi connectivity index (χ4n) is 1.67. The number of unbranched alkanes of at least 4 members (excludes halogenated alkanes) is 1. The molecule has 110 valence electrons. The highest BCUT2D eigenvalue weighted by Crippen LogP contribution is 2.14. The molecule has 0 aliphatic rings. The molecule has 0 aliphatic carbocycles. The van der Waals surface area contributed by atoms with Crippen LogP contribution in [-0.4, -0.2) is 22.6 Å². The number of nitrogens with zero attached hydrogens (tertiary/aromatic N) is 2. The van der Waals surface area contributed by atoms with Crippen LogP contribution in [-0.2, 0) is 0 Å². The van der Waals surface area contributed by atoms with Crippen LogP contribution in [0.1, 0.15) is 30.3 Å². The van der Waals surface area contributed by atoms with Gasteiger partial charge in [-0.3, -0.25) is 4.79 Å². The van der Waals surface area contributed by atoms with E-state index in [1.807, 2.05) is 24.3 Å². The number of amides is 1. The van der Waals surface area contributed by atoms with E-state index in [0.29, 0.717) is 11.5 Å². The summed E-state index contributed by atoms with van der Waals surface area (Å²) in [5, 5.41) is 13.9. The second kappa shape index (κ2) is 7.73. The minimum Gasteiger partial charge on any atom is -0.369 e. The Morgan fingerprint density at radius 3 is 2.52 bits per heavy atom. The molecule has 21 heavy (non-hydrogen) atoms.